The molecule has 0 bridgehead atoms. The first-order valence-corrected chi connectivity index (χ1v) is 7.05. The predicted octanol–water partition coefficient (Wildman–Crippen LogP) is 2.38. The van der Waals surface area contributed by atoms with Gasteiger partial charge in [-0.2, -0.15) is 0 Å². The Bertz CT molecular complexity index is 444. The topological polar surface area (TPSA) is 55.8 Å². The molecule has 1 aromatic carbocycles. The summed E-state index contributed by atoms with van der Waals surface area (Å²) in [4.78, 5) is 23.6. The van der Waals surface area contributed by atoms with Gasteiger partial charge in [-0.3, -0.25) is 9.59 Å². The zero-order chi connectivity index (χ0) is 15.0. The number of esters is 2. The SMILES string of the molecule is CC(=O)OCCN(CCOC(C)=O)c1cccc(Br)c1. The first-order valence-electron chi connectivity index (χ1n) is 6.26. The molecule has 0 unspecified atom stereocenters. The van der Waals surface area contributed by atoms with Crippen molar-refractivity contribution in [1.82, 2.24) is 0 Å². The minimum Gasteiger partial charge on any atom is -0.464 e. The fraction of sp³-hybridized carbons (Fsp3) is 0.429. The lowest BCUT2D eigenvalue weighted by Gasteiger charge is -2.24. The molecule has 0 aliphatic rings. The number of ether oxygens (including phenoxy) is 2. The molecule has 1 rings (SSSR count). The third-order valence-electron chi connectivity index (χ3n) is 2.51. The van der Waals surface area contributed by atoms with E-state index < -0.39 is 0 Å². The molecule has 0 fully saturated rings. The number of carbonyl (C=O) groups excluding carboxylic acids is 2. The zero-order valence-corrected chi connectivity index (χ0v) is 13.2. The van der Waals surface area contributed by atoms with Gasteiger partial charge in [0.2, 0.25) is 0 Å². The summed E-state index contributed by atoms with van der Waals surface area (Å²) in [6.07, 6.45) is 0. The van der Waals surface area contributed by atoms with Gasteiger partial charge in [0.05, 0.1) is 13.1 Å². The van der Waals surface area contributed by atoms with Gasteiger partial charge in [0, 0.05) is 24.0 Å². The molecule has 5 nitrogen and oxygen atoms in total. The van der Waals surface area contributed by atoms with Gasteiger partial charge in [-0.05, 0) is 18.2 Å². The second-order valence-electron chi connectivity index (χ2n) is 4.15. The Morgan fingerprint density at radius 1 is 1.10 bits per heavy atom. The number of rotatable bonds is 7. The standard InChI is InChI=1S/C14H18BrNO4/c1-11(17)19-8-6-16(7-9-20-12(2)18)14-5-3-4-13(15)10-14/h3-5,10H,6-9H2,1-2H3. The van der Waals surface area contributed by atoms with E-state index in [1.165, 1.54) is 13.8 Å². The van der Waals surface area contributed by atoms with E-state index in [0.717, 1.165) is 10.2 Å². The van der Waals surface area contributed by atoms with Gasteiger partial charge in [-0.25, -0.2) is 0 Å². The summed E-state index contributed by atoms with van der Waals surface area (Å²) in [5, 5.41) is 0. The smallest absolute Gasteiger partial charge is 0.302 e. The third-order valence-corrected chi connectivity index (χ3v) is 3.00. The van der Waals surface area contributed by atoms with Crippen LogP contribution >= 0.6 is 15.9 Å². The van der Waals surface area contributed by atoms with E-state index in [-0.39, 0.29) is 11.9 Å². The van der Waals surface area contributed by atoms with Crippen molar-refractivity contribution >= 4 is 33.6 Å². The molecule has 1 aromatic rings. The fourth-order valence-electron chi connectivity index (χ4n) is 1.64. The van der Waals surface area contributed by atoms with Crippen molar-refractivity contribution in [1.29, 1.82) is 0 Å². The average molecular weight is 344 g/mol. The minimum absolute atomic E-state index is 0.294. The Labute approximate surface area is 127 Å². The molecule has 6 heteroatoms. The monoisotopic (exact) mass is 343 g/mol. The number of hydrogen-bond donors (Lipinski definition) is 0. The van der Waals surface area contributed by atoms with E-state index in [1.807, 2.05) is 29.2 Å². The Morgan fingerprint density at radius 3 is 2.10 bits per heavy atom. The maximum atomic E-state index is 10.8. The average Bonchev–Trinajstić information content (AvgIpc) is 2.36. The van der Waals surface area contributed by atoms with Crippen LogP contribution in [0.1, 0.15) is 13.8 Å². The van der Waals surface area contributed by atoms with Crippen LogP contribution in [-0.4, -0.2) is 38.2 Å². The summed E-state index contributed by atoms with van der Waals surface area (Å²) in [6.45, 7) is 4.42. The lowest BCUT2D eigenvalue weighted by atomic mass is 10.3. The van der Waals surface area contributed by atoms with Crippen molar-refractivity contribution in [2.24, 2.45) is 0 Å². The van der Waals surface area contributed by atoms with Crippen LogP contribution in [0.2, 0.25) is 0 Å². The van der Waals surface area contributed by atoms with Crippen LogP contribution in [0.3, 0.4) is 0 Å². The maximum absolute atomic E-state index is 10.8. The van der Waals surface area contributed by atoms with E-state index in [4.69, 9.17) is 9.47 Å². The molecule has 0 aliphatic heterocycles. The molecule has 0 atom stereocenters. The van der Waals surface area contributed by atoms with Crippen molar-refractivity contribution in [3.63, 3.8) is 0 Å². The van der Waals surface area contributed by atoms with E-state index in [0.29, 0.717) is 26.3 Å². The molecule has 0 radical (unpaired) electrons. The first-order chi connectivity index (χ1) is 9.49. The number of nitrogens with zero attached hydrogens (tertiary/aromatic N) is 1. The van der Waals surface area contributed by atoms with E-state index in [2.05, 4.69) is 15.9 Å². The number of halogens is 1. The second kappa shape index (κ2) is 8.58. The van der Waals surface area contributed by atoms with Gasteiger partial charge >= 0.3 is 11.9 Å². The zero-order valence-electron chi connectivity index (χ0n) is 11.6. The number of anilines is 1. The van der Waals surface area contributed by atoms with Crippen molar-refractivity contribution in [3.8, 4) is 0 Å². The van der Waals surface area contributed by atoms with Crippen LogP contribution in [0.4, 0.5) is 5.69 Å². The molecule has 0 aliphatic carbocycles. The number of carbonyl (C=O) groups is 2. The summed E-state index contributed by atoms with van der Waals surface area (Å²) in [6, 6.07) is 7.76. The summed E-state index contributed by atoms with van der Waals surface area (Å²) < 4.78 is 10.9. The molecule has 0 saturated heterocycles. The minimum atomic E-state index is -0.306. The van der Waals surface area contributed by atoms with Crippen molar-refractivity contribution in [3.05, 3.63) is 28.7 Å². The Hall–Kier alpha value is -1.56. The summed E-state index contributed by atoms with van der Waals surface area (Å²) in [7, 11) is 0. The van der Waals surface area contributed by atoms with Crippen LogP contribution in [0.25, 0.3) is 0 Å². The van der Waals surface area contributed by atoms with Gasteiger partial charge in [-0.15, -0.1) is 0 Å². The van der Waals surface area contributed by atoms with E-state index >= 15 is 0 Å². The highest BCUT2D eigenvalue weighted by atomic mass is 79.9. The van der Waals surface area contributed by atoms with Crippen LogP contribution in [-0.2, 0) is 19.1 Å². The van der Waals surface area contributed by atoms with Crippen LogP contribution < -0.4 is 4.90 Å². The van der Waals surface area contributed by atoms with Gasteiger partial charge in [-0.1, -0.05) is 22.0 Å². The predicted molar refractivity (Wildman–Crippen MR) is 79.6 cm³/mol. The van der Waals surface area contributed by atoms with Crippen LogP contribution in [0.15, 0.2) is 28.7 Å². The lowest BCUT2D eigenvalue weighted by Crippen LogP contribution is -2.31. The lowest BCUT2D eigenvalue weighted by molar-refractivity contribution is -0.141. The highest BCUT2D eigenvalue weighted by Crippen LogP contribution is 2.19. The second-order valence-corrected chi connectivity index (χ2v) is 5.06. The highest BCUT2D eigenvalue weighted by Gasteiger charge is 2.08. The molecular formula is C14H18BrNO4. The Morgan fingerprint density at radius 2 is 1.65 bits per heavy atom. The van der Waals surface area contributed by atoms with Crippen LogP contribution in [0, 0.1) is 0 Å². The largest absolute Gasteiger partial charge is 0.464 e. The van der Waals surface area contributed by atoms with Gasteiger partial charge < -0.3 is 14.4 Å². The summed E-state index contributed by atoms with van der Waals surface area (Å²) in [5.74, 6) is -0.613. The summed E-state index contributed by atoms with van der Waals surface area (Å²) in [5.41, 5.74) is 0.971. The van der Waals surface area contributed by atoms with Gasteiger partial charge in [0.1, 0.15) is 13.2 Å². The normalized spacial score (nSPS) is 9.95. The van der Waals surface area contributed by atoms with Gasteiger partial charge in [0.15, 0.2) is 0 Å². The van der Waals surface area contributed by atoms with Crippen molar-refractivity contribution in [2.75, 3.05) is 31.2 Å². The highest BCUT2D eigenvalue weighted by molar-refractivity contribution is 9.10. The number of benzene rings is 1. The maximum Gasteiger partial charge on any atom is 0.302 e. The Kier molecular flexibility index (Phi) is 7.08. The molecule has 0 aromatic heterocycles. The number of hydrogen-bond acceptors (Lipinski definition) is 5. The van der Waals surface area contributed by atoms with E-state index in [1.54, 1.807) is 0 Å². The molecule has 0 saturated carbocycles. The molecule has 0 amide bonds. The fourth-order valence-corrected chi connectivity index (χ4v) is 2.03. The molecule has 110 valence electrons. The molecular weight excluding hydrogens is 326 g/mol. The van der Waals surface area contributed by atoms with Crippen LogP contribution in [0.5, 0.6) is 0 Å². The Balaban J connectivity index is 2.62. The molecule has 0 spiro atoms. The quantitative estimate of drug-likeness (QED) is 0.711. The summed E-state index contributed by atoms with van der Waals surface area (Å²) >= 11 is 3.42. The first kappa shape index (κ1) is 16.5. The molecule has 20 heavy (non-hydrogen) atoms. The van der Waals surface area contributed by atoms with Crippen molar-refractivity contribution in [2.45, 2.75) is 13.8 Å². The van der Waals surface area contributed by atoms with Crippen molar-refractivity contribution < 1.29 is 19.1 Å². The third kappa shape index (κ3) is 6.56. The molecule has 0 heterocycles. The van der Waals surface area contributed by atoms with E-state index in [9.17, 15) is 9.59 Å². The molecule has 0 N–H and O–H groups in total. The van der Waals surface area contributed by atoms with Gasteiger partial charge in [0.25, 0.3) is 0 Å².